The fourth-order valence-electron chi connectivity index (χ4n) is 4.29. The number of likely N-dealkylation sites (tertiary alicyclic amines) is 1. The van der Waals surface area contributed by atoms with Crippen LogP contribution in [0.2, 0.25) is 0 Å². The number of rotatable bonds is 5. The Balaban J connectivity index is 0.00000149. The van der Waals surface area contributed by atoms with E-state index < -0.39 is 7.26 Å². The van der Waals surface area contributed by atoms with E-state index in [0.717, 1.165) is 25.1 Å². The standard InChI is InChI=1S/C26H30N4P.CH3Cl/c1-28-25(29-26(27)30-19-11-12-20-30)21-31(22-13-5-2-6-14-22,23-15-7-3-8-16-23)24-17-9-4-10-18-24;1-2/h2-10,13-18H,11-12,19-21H2,1H3,(H2,27,28,29);1H3/q+1;. The highest BCUT2D eigenvalue weighted by Crippen LogP contribution is 2.55. The molecule has 0 aromatic heterocycles. The summed E-state index contributed by atoms with van der Waals surface area (Å²) in [5.41, 5.74) is 6.40. The number of nitrogens with zero attached hydrogens (tertiary/aromatic N) is 3. The van der Waals surface area contributed by atoms with Crippen LogP contribution >= 0.6 is 18.9 Å². The first kappa shape index (κ1) is 25.0. The highest BCUT2D eigenvalue weighted by Gasteiger charge is 2.46. The Bertz CT molecular complexity index is 937. The zero-order valence-electron chi connectivity index (χ0n) is 19.4. The molecule has 1 heterocycles. The molecule has 172 valence electrons. The number of alkyl halides is 1. The summed E-state index contributed by atoms with van der Waals surface area (Å²) in [7, 11) is -0.200. The van der Waals surface area contributed by atoms with E-state index in [0.29, 0.717) is 5.96 Å². The van der Waals surface area contributed by atoms with Gasteiger partial charge >= 0.3 is 0 Å². The lowest BCUT2D eigenvalue weighted by Crippen LogP contribution is -2.38. The molecular weight excluding hydrogens is 447 g/mol. The molecule has 1 aliphatic rings. The highest BCUT2D eigenvalue weighted by molar-refractivity contribution is 7.96. The number of hydrogen-bond acceptors (Lipinski definition) is 1. The van der Waals surface area contributed by atoms with Crippen molar-refractivity contribution in [3.8, 4) is 0 Å². The first-order valence-corrected chi connectivity index (χ1v) is 13.9. The van der Waals surface area contributed by atoms with Crippen LogP contribution in [0, 0.1) is 0 Å². The van der Waals surface area contributed by atoms with Crippen molar-refractivity contribution in [2.45, 2.75) is 12.8 Å². The number of amidine groups is 1. The molecule has 4 nitrogen and oxygen atoms in total. The van der Waals surface area contributed by atoms with Gasteiger partial charge in [-0.1, -0.05) is 54.6 Å². The van der Waals surface area contributed by atoms with Crippen molar-refractivity contribution in [3.63, 3.8) is 0 Å². The van der Waals surface area contributed by atoms with Crippen LogP contribution in [0.4, 0.5) is 0 Å². The Morgan fingerprint density at radius 2 is 1.18 bits per heavy atom. The SMILES string of the molecule is CCl.CN=C(C[P+](c1ccccc1)(c1ccccc1)c1ccccc1)N=C(N)N1CCCC1. The minimum Gasteiger partial charge on any atom is -0.369 e. The third-order valence-corrected chi connectivity index (χ3v) is 10.2. The fraction of sp³-hybridized carbons (Fsp3) is 0.259. The van der Waals surface area contributed by atoms with Crippen molar-refractivity contribution in [2.75, 3.05) is 32.7 Å². The molecule has 0 unspecified atom stereocenters. The van der Waals surface area contributed by atoms with Gasteiger partial charge in [0.2, 0.25) is 0 Å². The summed E-state index contributed by atoms with van der Waals surface area (Å²) < 4.78 is 0. The van der Waals surface area contributed by atoms with Gasteiger partial charge < -0.3 is 10.6 Å². The monoisotopic (exact) mass is 479 g/mol. The van der Waals surface area contributed by atoms with E-state index in [9.17, 15) is 0 Å². The summed E-state index contributed by atoms with van der Waals surface area (Å²) in [5, 5.41) is 3.97. The molecule has 0 saturated carbocycles. The molecule has 4 rings (SSSR count). The molecule has 1 saturated heterocycles. The first-order valence-electron chi connectivity index (χ1n) is 11.2. The van der Waals surface area contributed by atoms with E-state index in [2.05, 4.69) is 112 Å². The Morgan fingerprint density at radius 3 is 1.55 bits per heavy atom. The van der Waals surface area contributed by atoms with E-state index in [1.165, 1.54) is 35.1 Å². The first-order chi connectivity index (χ1) is 16.2. The van der Waals surface area contributed by atoms with E-state index in [1.54, 1.807) is 0 Å². The molecule has 0 aliphatic carbocycles. The van der Waals surface area contributed by atoms with Crippen LogP contribution in [0.25, 0.3) is 0 Å². The Hall–Kier alpha value is -2.68. The van der Waals surface area contributed by atoms with Crippen LogP contribution in [-0.2, 0) is 0 Å². The zero-order chi connectivity index (χ0) is 23.5. The number of benzene rings is 3. The summed E-state index contributed by atoms with van der Waals surface area (Å²) in [6.07, 6.45) is 4.55. The molecule has 0 amide bonds. The average molecular weight is 480 g/mol. The lowest BCUT2D eigenvalue weighted by Gasteiger charge is -2.27. The van der Waals surface area contributed by atoms with Gasteiger partial charge in [-0.25, -0.2) is 0 Å². The number of hydrogen-bond donors (Lipinski definition) is 1. The van der Waals surface area contributed by atoms with Gasteiger partial charge in [0, 0.05) is 26.5 Å². The average Bonchev–Trinajstić information content (AvgIpc) is 3.45. The van der Waals surface area contributed by atoms with Crippen molar-refractivity contribution >= 4 is 46.6 Å². The molecule has 0 bridgehead atoms. The second-order valence-corrected chi connectivity index (χ2v) is 11.3. The maximum atomic E-state index is 6.40. The smallest absolute Gasteiger partial charge is 0.197 e. The van der Waals surface area contributed by atoms with Gasteiger partial charge in [0.15, 0.2) is 11.8 Å². The summed E-state index contributed by atoms with van der Waals surface area (Å²) >= 11 is 4.64. The van der Waals surface area contributed by atoms with E-state index >= 15 is 0 Å². The van der Waals surface area contributed by atoms with Gasteiger partial charge in [-0.15, -0.1) is 11.6 Å². The van der Waals surface area contributed by atoms with Crippen LogP contribution in [0.1, 0.15) is 12.8 Å². The molecule has 0 atom stereocenters. The molecule has 33 heavy (non-hydrogen) atoms. The highest BCUT2D eigenvalue weighted by atomic mass is 35.5. The molecular formula is C27H33ClN4P+. The summed E-state index contributed by atoms with van der Waals surface area (Å²) in [6.45, 7) is 1.95. The van der Waals surface area contributed by atoms with Gasteiger partial charge in [0.25, 0.3) is 0 Å². The summed E-state index contributed by atoms with van der Waals surface area (Å²) in [5.74, 6) is 1.39. The molecule has 3 aromatic carbocycles. The molecule has 1 fully saturated rings. The van der Waals surface area contributed by atoms with Crippen LogP contribution < -0.4 is 21.6 Å². The molecule has 0 radical (unpaired) electrons. The quantitative estimate of drug-likeness (QED) is 0.257. The predicted octanol–water partition coefficient (Wildman–Crippen LogP) is 4.27. The third-order valence-electron chi connectivity index (χ3n) is 5.90. The largest absolute Gasteiger partial charge is 0.369 e. The maximum absolute atomic E-state index is 6.40. The van der Waals surface area contributed by atoms with Gasteiger partial charge in [-0.05, 0) is 49.2 Å². The van der Waals surface area contributed by atoms with Crippen molar-refractivity contribution in [1.82, 2.24) is 4.90 Å². The minimum absolute atomic E-state index is 0.588. The van der Waals surface area contributed by atoms with E-state index in [1.807, 2.05) is 7.05 Å². The van der Waals surface area contributed by atoms with E-state index in [-0.39, 0.29) is 0 Å². The lowest BCUT2D eigenvalue weighted by molar-refractivity contribution is 0.514. The Morgan fingerprint density at radius 1 is 0.788 bits per heavy atom. The van der Waals surface area contributed by atoms with Crippen LogP contribution in [0.5, 0.6) is 0 Å². The summed E-state index contributed by atoms with van der Waals surface area (Å²) in [4.78, 5) is 11.6. The van der Waals surface area contributed by atoms with Crippen molar-refractivity contribution in [3.05, 3.63) is 91.0 Å². The van der Waals surface area contributed by atoms with Crippen LogP contribution in [0.3, 0.4) is 0 Å². The van der Waals surface area contributed by atoms with E-state index in [4.69, 9.17) is 10.7 Å². The lowest BCUT2D eigenvalue weighted by atomic mass is 10.4. The molecule has 2 N–H and O–H groups in total. The van der Waals surface area contributed by atoms with Gasteiger partial charge in [0.1, 0.15) is 29.3 Å². The van der Waals surface area contributed by atoms with Gasteiger partial charge in [-0.3, -0.25) is 4.99 Å². The molecule has 3 aromatic rings. The number of halogens is 1. The number of aliphatic imine (C=N–C) groups is 2. The fourth-order valence-corrected chi connectivity index (χ4v) is 8.41. The van der Waals surface area contributed by atoms with Crippen LogP contribution in [0.15, 0.2) is 101 Å². The number of nitrogens with two attached hydrogens (primary N) is 1. The molecule has 1 aliphatic heterocycles. The molecule has 6 heteroatoms. The predicted molar refractivity (Wildman–Crippen MR) is 148 cm³/mol. The zero-order valence-corrected chi connectivity index (χ0v) is 21.1. The third kappa shape index (κ3) is 5.82. The topological polar surface area (TPSA) is 54.0 Å². The van der Waals surface area contributed by atoms with Crippen molar-refractivity contribution in [2.24, 2.45) is 15.7 Å². The van der Waals surface area contributed by atoms with Gasteiger partial charge in [-0.2, -0.15) is 4.99 Å². The normalized spacial score (nSPS) is 14.6. The second kappa shape index (κ2) is 12.5. The van der Waals surface area contributed by atoms with Gasteiger partial charge in [0.05, 0.1) is 0 Å². The maximum Gasteiger partial charge on any atom is 0.197 e. The Labute approximate surface area is 203 Å². The number of guanidine groups is 1. The summed E-state index contributed by atoms with van der Waals surface area (Å²) in [6, 6.07) is 32.4. The van der Waals surface area contributed by atoms with Crippen molar-refractivity contribution in [1.29, 1.82) is 0 Å². The van der Waals surface area contributed by atoms with Crippen molar-refractivity contribution < 1.29 is 0 Å². The Kier molecular flexibility index (Phi) is 9.47. The minimum atomic E-state index is -2.03. The van der Waals surface area contributed by atoms with Crippen LogP contribution in [-0.4, -0.2) is 49.4 Å². The molecule has 0 spiro atoms. The second-order valence-electron chi connectivity index (χ2n) is 7.78.